The van der Waals surface area contributed by atoms with Crippen LogP contribution in [0.3, 0.4) is 0 Å². The molecule has 9 heteroatoms. The normalized spacial score (nSPS) is 28.9. The molecule has 0 bridgehead atoms. The molecule has 9 nitrogen and oxygen atoms in total. The number of carbonyl (C=O) groups is 1. The van der Waals surface area contributed by atoms with Crippen molar-refractivity contribution in [2.24, 2.45) is 5.41 Å². The summed E-state index contributed by atoms with van der Waals surface area (Å²) in [7, 11) is 2.11. The van der Waals surface area contributed by atoms with Crippen LogP contribution in [0.4, 0.5) is 5.95 Å². The number of rotatable bonds is 3. The number of hydrogen-bond donors (Lipinski definition) is 1. The van der Waals surface area contributed by atoms with Gasteiger partial charge in [0.1, 0.15) is 0 Å². The molecular weight excluding hydrogens is 362 g/mol. The van der Waals surface area contributed by atoms with Gasteiger partial charge in [-0.25, -0.2) is 9.97 Å². The Morgan fingerprint density at radius 1 is 1.21 bits per heavy atom. The Balaban J connectivity index is 1.34. The number of aliphatic hydroxyl groups is 1. The standard InChI is InChI=1S/C19H27N5O4/c1-22-8-14(15-2-3-20-17(21-15)23-4-6-27-7-5-23)18(9-22)10-24(11-18)16(25)19(26)12-28-13-19/h2-3,14,26H,4-13H2,1H3. The molecule has 1 aromatic rings. The molecule has 1 unspecified atom stereocenters. The van der Waals surface area contributed by atoms with Gasteiger partial charge in [0.2, 0.25) is 5.95 Å². The van der Waals surface area contributed by atoms with Crippen LogP contribution in [0.2, 0.25) is 0 Å². The van der Waals surface area contributed by atoms with E-state index in [1.807, 2.05) is 12.3 Å². The number of ether oxygens (including phenoxy) is 2. The summed E-state index contributed by atoms with van der Waals surface area (Å²) in [5, 5.41) is 10.3. The summed E-state index contributed by atoms with van der Waals surface area (Å²) in [5.41, 5.74) is -0.291. The van der Waals surface area contributed by atoms with E-state index >= 15 is 0 Å². The summed E-state index contributed by atoms with van der Waals surface area (Å²) < 4.78 is 10.5. The van der Waals surface area contributed by atoms with Gasteiger partial charge in [-0.15, -0.1) is 0 Å². The van der Waals surface area contributed by atoms with Crippen molar-refractivity contribution >= 4 is 11.9 Å². The Labute approximate surface area is 164 Å². The van der Waals surface area contributed by atoms with Crippen LogP contribution in [0.1, 0.15) is 11.6 Å². The first-order chi connectivity index (χ1) is 13.5. The molecule has 0 aliphatic carbocycles. The van der Waals surface area contributed by atoms with Crippen LogP contribution in [-0.4, -0.2) is 109 Å². The summed E-state index contributed by atoms with van der Waals surface area (Å²) >= 11 is 0. The molecule has 1 amide bonds. The van der Waals surface area contributed by atoms with Crippen LogP contribution < -0.4 is 4.90 Å². The zero-order valence-electron chi connectivity index (χ0n) is 16.2. The Kier molecular flexibility index (Phi) is 4.31. The van der Waals surface area contributed by atoms with Gasteiger partial charge in [-0.05, 0) is 13.1 Å². The fraction of sp³-hybridized carbons (Fsp3) is 0.737. The number of morpholine rings is 1. The number of likely N-dealkylation sites (tertiary alicyclic amines) is 2. The van der Waals surface area contributed by atoms with Gasteiger partial charge in [0.05, 0.1) is 32.1 Å². The molecule has 4 aliphatic rings. The van der Waals surface area contributed by atoms with E-state index in [1.165, 1.54) is 0 Å². The lowest BCUT2D eigenvalue weighted by Crippen LogP contribution is -2.69. The van der Waals surface area contributed by atoms with Gasteiger partial charge in [0.25, 0.3) is 5.91 Å². The van der Waals surface area contributed by atoms with Gasteiger partial charge in [0, 0.05) is 56.8 Å². The summed E-state index contributed by atoms with van der Waals surface area (Å²) in [6, 6.07) is 2.01. The van der Waals surface area contributed by atoms with Crippen molar-refractivity contribution in [2.45, 2.75) is 11.5 Å². The summed E-state index contributed by atoms with van der Waals surface area (Å²) in [5.74, 6) is 0.810. The Bertz CT molecular complexity index is 758. The zero-order valence-corrected chi connectivity index (χ0v) is 16.2. The van der Waals surface area contributed by atoms with Gasteiger partial charge in [-0.2, -0.15) is 0 Å². The lowest BCUT2D eigenvalue weighted by molar-refractivity contribution is -0.208. The second-order valence-corrected chi connectivity index (χ2v) is 8.68. The average Bonchev–Trinajstić information content (AvgIpc) is 3.03. The quantitative estimate of drug-likeness (QED) is 0.699. The molecule has 1 N–H and O–H groups in total. The lowest BCUT2D eigenvalue weighted by atomic mass is 9.69. The molecule has 0 aromatic carbocycles. The molecule has 1 aromatic heterocycles. The second-order valence-electron chi connectivity index (χ2n) is 8.68. The maximum atomic E-state index is 12.6. The molecule has 28 heavy (non-hydrogen) atoms. The first kappa shape index (κ1) is 18.2. The monoisotopic (exact) mass is 389 g/mol. The van der Waals surface area contributed by atoms with E-state index < -0.39 is 5.60 Å². The van der Waals surface area contributed by atoms with Crippen LogP contribution in [0.25, 0.3) is 0 Å². The molecule has 4 aliphatic heterocycles. The van der Waals surface area contributed by atoms with Crippen LogP contribution in [0, 0.1) is 5.41 Å². The lowest BCUT2D eigenvalue weighted by Gasteiger charge is -2.53. The van der Waals surface area contributed by atoms with Gasteiger partial charge in [-0.1, -0.05) is 0 Å². The molecule has 5 rings (SSSR count). The SMILES string of the molecule is CN1CC(c2ccnc(N3CCOCC3)n2)C2(C1)CN(C(=O)C1(O)COC1)C2. The van der Waals surface area contributed by atoms with Crippen molar-refractivity contribution in [3.63, 3.8) is 0 Å². The van der Waals surface area contributed by atoms with E-state index in [0.29, 0.717) is 26.3 Å². The van der Waals surface area contributed by atoms with Crippen LogP contribution in [0.15, 0.2) is 12.3 Å². The largest absolute Gasteiger partial charge is 0.378 e. The highest BCUT2D eigenvalue weighted by atomic mass is 16.5. The number of likely N-dealkylation sites (N-methyl/N-ethyl adjacent to an activating group) is 1. The highest BCUT2D eigenvalue weighted by Crippen LogP contribution is 2.49. The average molecular weight is 389 g/mol. The second kappa shape index (κ2) is 6.62. The van der Waals surface area contributed by atoms with Crippen molar-refractivity contribution in [3.05, 3.63) is 18.0 Å². The minimum Gasteiger partial charge on any atom is -0.378 e. The predicted molar refractivity (Wildman–Crippen MR) is 100 cm³/mol. The predicted octanol–water partition coefficient (Wildman–Crippen LogP) is -1.07. The molecule has 4 saturated heterocycles. The van der Waals surface area contributed by atoms with Gasteiger partial charge < -0.3 is 29.3 Å². The smallest absolute Gasteiger partial charge is 0.259 e. The van der Waals surface area contributed by atoms with Gasteiger partial charge >= 0.3 is 0 Å². The molecule has 1 atom stereocenters. The maximum Gasteiger partial charge on any atom is 0.259 e. The first-order valence-corrected chi connectivity index (χ1v) is 9.93. The van der Waals surface area contributed by atoms with E-state index in [0.717, 1.165) is 37.8 Å². The molecule has 5 heterocycles. The van der Waals surface area contributed by atoms with Gasteiger partial charge in [-0.3, -0.25) is 4.79 Å². The van der Waals surface area contributed by atoms with Crippen molar-refractivity contribution in [1.29, 1.82) is 0 Å². The highest BCUT2D eigenvalue weighted by molar-refractivity contribution is 5.87. The third kappa shape index (κ3) is 2.88. The van der Waals surface area contributed by atoms with Crippen molar-refractivity contribution in [1.82, 2.24) is 19.8 Å². The van der Waals surface area contributed by atoms with Crippen molar-refractivity contribution in [2.75, 3.05) is 77.6 Å². The Morgan fingerprint density at radius 3 is 2.64 bits per heavy atom. The fourth-order valence-corrected chi connectivity index (χ4v) is 4.99. The van der Waals surface area contributed by atoms with Crippen molar-refractivity contribution in [3.8, 4) is 0 Å². The van der Waals surface area contributed by atoms with Crippen LogP contribution >= 0.6 is 0 Å². The minimum absolute atomic E-state index is 0.0119. The molecular formula is C19H27N5O4. The van der Waals surface area contributed by atoms with E-state index in [9.17, 15) is 9.90 Å². The maximum absolute atomic E-state index is 12.6. The molecule has 152 valence electrons. The number of carbonyl (C=O) groups excluding carboxylic acids is 1. The number of hydrogen-bond acceptors (Lipinski definition) is 8. The van der Waals surface area contributed by atoms with Crippen molar-refractivity contribution < 1.29 is 19.4 Å². The minimum atomic E-state index is -1.32. The highest BCUT2D eigenvalue weighted by Gasteiger charge is 2.59. The van der Waals surface area contributed by atoms with E-state index in [-0.39, 0.29) is 30.5 Å². The summed E-state index contributed by atoms with van der Waals surface area (Å²) in [6.07, 6.45) is 1.84. The van der Waals surface area contributed by atoms with Gasteiger partial charge in [0.15, 0.2) is 5.60 Å². The molecule has 4 fully saturated rings. The number of aromatic nitrogens is 2. The molecule has 1 spiro atoms. The number of amides is 1. The van der Waals surface area contributed by atoms with E-state index in [2.05, 4.69) is 21.8 Å². The number of anilines is 1. The fourth-order valence-electron chi connectivity index (χ4n) is 4.99. The molecule has 0 radical (unpaired) electrons. The third-order valence-corrected chi connectivity index (χ3v) is 6.51. The Morgan fingerprint density at radius 2 is 1.96 bits per heavy atom. The first-order valence-electron chi connectivity index (χ1n) is 9.93. The Hall–Kier alpha value is -1.81. The third-order valence-electron chi connectivity index (χ3n) is 6.51. The van der Waals surface area contributed by atoms with E-state index in [1.54, 1.807) is 4.90 Å². The van der Waals surface area contributed by atoms with Crippen LogP contribution in [0.5, 0.6) is 0 Å². The zero-order chi connectivity index (χ0) is 19.4. The topological polar surface area (TPSA) is 91.3 Å². The summed E-state index contributed by atoms with van der Waals surface area (Å²) in [6.45, 7) is 6.37. The van der Waals surface area contributed by atoms with Crippen LogP contribution in [-0.2, 0) is 14.3 Å². The summed E-state index contributed by atoms with van der Waals surface area (Å²) in [4.78, 5) is 28.2. The molecule has 0 saturated carbocycles. The van der Waals surface area contributed by atoms with E-state index in [4.69, 9.17) is 14.5 Å². The number of nitrogens with zero attached hydrogens (tertiary/aromatic N) is 5.